The number of carbonyl (C=O) groups is 3. The number of benzene rings is 1. The number of nitrogens with two attached hydrogens (primary N) is 1. The lowest BCUT2D eigenvalue weighted by atomic mass is 9.85. The third-order valence-corrected chi connectivity index (χ3v) is 11.6. The van der Waals surface area contributed by atoms with Gasteiger partial charge in [0.05, 0.1) is 75.0 Å². The molecule has 1 aromatic carbocycles. The number of aromatic nitrogens is 1. The minimum atomic E-state index is -1.96. The normalized spacial score (nSPS) is 20.2. The molecule has 2 aliphatic heterocycles. The molecular formula is C41H63FN6O9S. The molecule has 0 radical (unpaired) electrons. The number of ether oxygens (including phenoxy) is 5. The average Bonchev–Trinajstić information content (AvgIpc) is 3.60. The van der Waals surface area contributed by atoms with Crippen molar-refractivity contribution in [3.05, 3.63) is 35.0 Å². The molecule has 0 spiro atoms. The quantitative estimate of drug-likeness (QED) is 0.120. The summed E-state index contributed by atoms with van der Waals surface area (Å²) in [6.45, 7) is 14.2. The van der Waals surface area contributed by atoms with Gasteiger partial charge in [0, 0.05) is 37.7 Å². The van der Waals surface area contributed by atoms with E-state index in [0.29, 0.717) is 70.2 Å². The van der Waals surface area contributed by atoms with Crippen molar-refractivity contribution in [2.24, 2.45) is 11.1 Å². The summed E-state index contributed by atoms with van der Waals surface area (Å²) >= 11 is 1.52. The predicted octanol–water partition coefficient (Wildman–Crippen LogP) is 2.60. The first-order valence-corrected chi connectivity index (χ1v) is 21.3. The van der Waals surface area contributed by atoms with E-state index in [2.05, 4.69) is 20.5 Å². The fraction of sp³-hybridized carbons (Fsp3) is 0.707. The summed E-state index contributed by atoms with van der Waals surface area (Å²) in [7, 11) is 0. The first kappa shape index (κ1) is 45.8. The molecule has 2 saturated heterocycles. The van der Waals surface area contributed by atoms with Gasteiger partial charge in [-0.2, -0.15) is 0 Å². The van der Waals surface area contributed by atoms with Gasteiger partial charge in [-0.3, -0.25) is 14.4 Å². The fourth-order valence-corrected chi connectivity index (χ4v) is 7.72. The standard InChI is InChI=1S/C41H63FN6O9S/c1-28-35(58-27-45-28)29-5-6-30(25-44-37(50)33-24-32(49)26-48(33)38(51)36(40(2,3)4)46-39(52)41(42)9-10-41)34(23-29)57-22-21-56-20-19-55-18-17-54-16-15-53-14-13-47-11-7-31(43)8-12-47/h5-6,23,27,31-33,36,49H,7-22,24-26,43H2,1-4H3,(H,44,50)(H,46,52)/t32-,33+,36-/m1/s1. The molecule has 3 aliphatic rings. The number of likely N-dealkylation sites (tertiary alicyclic amines) is 2. The van der Waals surface area contributed by atoms with Gasteiger partial charge >= 0.3 is 0 Å². The van der Waals surface area contributed by atoms with Gasteiger partial charge < -0.3 is 55.0 Å². The highest BCUT2D eigenvalue weighted by Crippen LogP contribution is 2.40. The molecule has 2 aromatic rings. The number of rotatable bonds is 23. The lowest BCUT2D eigenvalue weighted by Crippen LogP contribution is -2.59. The van der Waals surface area contributed by atoms with Crippen LogP contribution in [0.1, 0.15) is 64.1 Å². The predicted molar refractivity (Wildman–Crippen MR) is 217 cm³/mol. The largest absolute Gasteiger partial charge is 0.491 e. The highest BCUT2D eigenvalue weighted by molar-refractivity contribution is 7.13. The number of hydrogen-bond acceptors (Lipinski definition) is 13. The number of carbonyl (C=O) groups excluding carboxylic acids is 3. The van der Waals surface area contributed by atoms with Crippen molar-refractivity contribution < 1.29 is 47.6 Å². The van der Waals surface area contributed by atoms with Gasteiger partial charge in [0.2, 0.25) is 11.8 Å². The zero-order valence-corrected chi connectivity index (χ0v) is 35.3. The number of amides is 3. The number of thiazole rings is 1. The van der Waals surface area contributed by atoms with E-state index in [4.69, 9.17) is 29.4 Å². The van der Waals surface area contributed by atoms with Crippen molar-refractivity contribution in [2.45, 2.75) is 96.2 Å². The summed E-state index contributed by atoms with van der Waals surface area (Å²) in [6.07, 6.45) is 1.41. The minimum Gasteiger partial charge on any atom is -0.491 e. The Kier molecular flexibility index (Phi) is 17.2. The molecule has 5 N–H and O–H groups in total. The van der Waals surface area contributed by atoms with E-state index in [0.717, 1.165) is 48.6 Å². The van der Waals surface area contributed by atoms with Crippen LogP contribution < -0.4 is 21.1 Å². The summed E-state index contributed by atoms with van der Waals surface area (Å²) in [5.74, 6) is -1.27. The van der Waals surface area contributed by atoms with Crippen LogP contribution in [0.5, 0.6) is 5.75 Å². The molecule has 3 heterocycles. The third kappa shape index (κ3) is 13.6. The number of alkyl halides is 1. The molecule has 0 unspecified atom stereocenters. The molecule has 17 heteroatoms. The molecular weight excluding hydrogens is 772 g/mol. The molecule has 3 fully saturated rings. The minimum absolute atomic E-state index is 0.0290. The van der Waals surface area contributed by atoms with Crippen LogP contribution in [0.25, 0.3) is 10.4 Å². The van der Waals surface area contributed by atoms with Gasteiger partial charge in [-0.05, 0) is 62.7 Å². The average molecular weight is 835 g/mol. The Morgan fingerprint density at radius 3 is 2.21 bits per heavy atom. The first-order chi connectivity index (χ1) is 27.7. The number of aliphatic hydroxyl groups is 1. The van der Waals surface area contributed by atoms with Crippen LogP contribution in [0.3, 0.4) is 0 Å². The highest BCUT2D eigenvalue weighted by Gasteiger charge is 2.53. The van der Waals surface area contributed by atoms with Crippen LogP contribution in [0.15, 0.2) is 23.7 Å². The van der Waals surface area contributed by atoms with Crippen LogP contribution in [0, 0.1) is 12.3 Å². The van der Waals surface area contributed by atoms with E-state index in [1.165, 1.54) is 16.2 Å². The SMILES string of the molecule is Cc1ncsc1-c1ccc(CNC(=O)[C@@H]2C[C@@H](O)CN2C(=O)[C@@H](NC(=O)C2(F)CC2)C(C)(C)C)c(OCCOCCOCCOCCOCCN2CCC(N)CC2)c1. The molecule has 58 heavy (non-hydrogen) atoms. The zero-order chi connectivity index (χ0) is 41.7. The van der Waals surface area contributed by atoms with Gasteiger partial charge in [0.15, 0.2) is 5.67 Å². The number of aryl methyl sites for hydroxylation is 1. The Labute approximate surface area is 345 Å². The summed E-state index contributed by atoms with van der Waals surface area (Å²) in [5, 5.41) is 16.1. The maximum atomic E-state index is 14.6. The third-order valence-electron chi connectivity index (χ3n) is 10.7. The molecule has 0 bridgehead atoms. The molecule has 3 atom stereocenters. The van der Waals surface area contributed by atoms with Crippen LogP contribution >= 0.6 is 11.3 Å². The fourth-order valence-electron chi connectivity index (χ4n) is 6.92. The van der Waals surface area contributed by atoms with Crippen molar-refractivity contribution in [1.29, 1.82) is 0 Å². The Morgan fingerprint density at radius 2 is 1.62 bits per heavy atom. The van der Waals surface area contributed by atoms with Crippen LogP contribution in [0.4, 0.5) is 4.39 Å². The highest BCUT2D eigenvalue weighted by atomic mass is 32.1. The second kappa shape index (κ2) is 21.8. The van der Waals surface area contributed by atoms with E-state index in [1.807, 2.05) is 25.1 Å². The number of nitrogens with one attached hydrogen (secondary N) is 2. The topological polar surface area (TPSA) is 187 Å². The Bertz CT molecular complexity index is 1630. The number of aliphatic hydroxyl groups excluding tert-OH is 1. The number of piperidine rings is 1. The van der Waals surface area contributed by atoms with Crippen molar-refractivity contribution in [3.63, 3.8) is 0 Å². The van der Waals surface area contributed by atoms with Gasteiger partial charge in [0.25, 0.3) is 5.91 Å². The lowest BCUT2D eigenvalue weighted by Gasteiger charge is -2.35. The molecule has 1 saturated carbocycles. The van der Waals surface area contributed by atoms with E-state index in [-0.39, 0.29) is 39.0 Å². The second-order valence-corrected chi connectivity index (χ2v) is 17.3. The van der Waals surface area contributed by atoms with Gasteiger partial charge in [-0.15, -0.1) is 11.3 Å². The van der Waals surface area contributed by atoms with Crippen LogP contribution in [0.2, 0.25) is 0 Å². The zero-order valence-electron chi connectivity index (χ0n) is 34.5. The maximum Gasteiger partial charge on any atom is 0.258 e. The van der Waals surface area contributed by atoms with Gasteiger partial charge in [-0.1, -0.05) is 32.9 Å². The second-order valence-electron chi connectivity index (χ2n) is 16.4. The number of nitrogens with zero attached hydrogens (tertiary/aromatic N) is 3. The summed E-state index contributed by atoms with van der Waals surface area (Å²) in [5.41, 5.74) is 7.52. The molecule has 1 aliphatic carbocycles. The Hall–Kier alpha value is -3.29. The maximum absolute atomic E-state index is 14.6. The summed E-state index contributed by atoms with van der Waals surface area (Å²) in [6, 6.07) is 3.99. The molecule has 5 rings (SSSR count). The van der Waals surface area contributed by atoms with Crippen molar-refractivity contribution in [2.75, 3.05) is 85.6 Å². The Balaban J connectivity index is 1.04. The number of β-amino-alcohol motifs (C(OH)–C–C–N with tert-alkyl or cyclic N) is 1. The number of halogens is 1. The van der Waals surface area contributed by atoms with Crippen molar-refractivity contribution in [3.8, 4) is 16.2 Å². The van der Waals surface area contributed by atoms with E-state index in [9.17, 15) is 23.9 Å². The Morgan fingerprint density at radius 1 is 1.00 bits per heavy atom. The number of hydrogen-bond donors (Lipinski definition) is 4. The monoisotopic (exact) mass is 834 g/mol. The van der Waals surface area contributed by atoms with Crippen LogP contribution in [-0.4, -0.2) is 153 Å². The van der Waals surface area contributed by atoms with E-state index in [1.54, 1.807) is 26.3 Å². The summed E-state index contributed by atoms with van der Waals surface area (Å²) in [4.78, 5) is 49.2. The lowest BCUT2D eigenvalue weighted by molar-refractivity contribution is -0.145. The first-order valence-electron chi connectivity index (χ1n) is 20.5. The van der Waals surface area contributed by atoms with E-state index < -0.39 is 47.0 Å². The smallest absolute Gasteiger partial charge is 0.258 e. The molecule has 3 amide bonds. The molecule has 324 valence electrons. The summed E-state index contributed by atoms with van der Waals surface area (Å²) < 4.78 is 43.4. The van der Waals surface area contributed by atoms with Gasteiger partial charge in [0.1, 0.15) is 24.4 Å². The van der Waals surface area contributed by atoms with Crippen LogP contribution in [-0.2, 0) is 39.9 Å². The van der Waals surface area contributed by atoms with E-state index >= 15 is 0 Å². The van der Waals surface area contributed by atoms with Gasteiger partial charge in [-0.25, -0.2) is 9.37 Å². The van der Waals surface area contributed by atoms with Crippen molar-refractivity contribution in [1.82, 2.24) is 25.4 Å². The molecule has 1 aromatic heterocycles. The molecule has 15 nitrogen and oxygen atoms in total. The van der Waals surface area contributed by atoms with Crippen molar-refractivity contribution >= 4 is 29.1 Å².